The molecular weight excluding hydrogens is 264 g/mol. The van der Waals surface area contributed by atoms with Gasteiger partial charge in [-0.1, -0.05) is 6.92 Å². The third-order valence-corrected chi connectivity index (χ3v) is 4.88. The second kappa shape index (κ2) is 6.18. The van der Waals surface area contributed by atoms with Crippen LogP contribution in [0.2, 0.25) is 0 Å². The first-order chi connectivity index (χ1) is 10.2. The molecule has 1 aromatic heterocycles. The zero-order valence-electron chi connectivity index (χ0n) is 13.0. The minimum Gasteiger partial charge on any atom is -0.351 e. The molecule has 0 aliphatic carbocycles. The molecule has 21 heavy (non-hydrogen) atoms. The zero-order valence-corrected chi connectivity index (χ0v) is 13.0. The van der Waals surface area contributed by atoms with Gasteiger partial charge in [-0.05, 0) is 38.6 Å². The zero-order chi connectivity index (χ0) is 14.7. The maximum absolute atomic E-state index is 12.6. The van der Waals surface area contributed by atoms with E-state index in [-0.39, 0.29) is 5.56 Å². The topological polar surface area (TPSA) is 50.2 Å². The molecule has 2 saturated heterocycles. The number of anilines is 1. The van der Waals surface area contributed by atoms with Crippen LogP contribution in [0.3, 0.4) is 0 Å². The van der Waals surface area contributed by atoms with Crippen LogP contribution in [0.4, 0.5) is 5.82 Å². The summed E-state index contributed by atoms with van der Waals surface area (Å²) in [5, 5.41) is 3.53. The largest absolute Gasteiger partial charge is 0.351 e. The third-order valence-electron chi connectivity index (χ3n) is 4.88. The van der Waals surface area contributed by atoms with Crippen LogP contribution in [-0.2, 0) is 6.54 Å². The number of piperidine rings is 2. The summed E-state index contributed by atoms with van der Waals surface area (Å²) < 4.78 is 1.79. The Labute approximate surface area is 126 Å². The van der Waals surface area contributed by atoms with Crippen molar-refractivity contribution in [2.45, 2.75) is 45.6 Å². The van der Waals surface area contributed by atoms with Gasteiger partial charge in [-0.3, -0.25) is 4.79 Å². The van der Waals surface area contributed by atoms with Gasteiger partial charge in [-0.2, -0.15) is 0 Å². The number of hydrogen-bond donors (Lipinski definition) is 1. The van der Waals surface area contributed by atoms with Crippen molar-refractivity contribution in [2.75, 3.05) is 31.1 Å². The molecule has 0 aromatic carbocycles. The van der Waals surface area contributed by atoms with E-state index >= 15 is 0 Å². The average molecular weight is 290 g/mol. The smallest absolute Gasteiger partial charge is 0.293 e. The lowest BCUT2D eigenvalue weighted by atomic mass is 9.74. The van der Waals surface area contributed by atoms with Crippen LogP contribution in [0.5, 0.6) is 0 Å². The number of nitrogens with one attached hydrogen (secondary N) is 1. The molecule has 3 heterocycles. The van der Waals surface area contributed by atoms with Crippen molar-refractivity contribution in [1.29, 1.82) is 0 Å². The molecule has 5 nitrogen and oxygen atoms in total. The molecule has 1 unspecified atom stereocenters. The Bertz CT molecular complexity index is 528. The predicted octanol–water partition coefficient (Wildman–Crippen LogP) is 1.62. The highest BCUT2D eigenvalue weighted by atomic mass is 16.1. The van der Waals surface area contributed by atoms with Gasteiger partial charge in [0.15, 0.2) is 5.82 Å². The van der Waals surface area contributed by atoms with Gasteiger partial charge >= 0.3 is 0 Å². The molecule has 5 heteroatoms. The van der Waals surface area contributed by atoms with E-state index in [0.717, 1.165) is 45.6 Å². The van der Waals surface area contributed by atoms with E-state index < -0.39 is 0 Å². The Morgan fingerprint density at radius 3 is 3.00 bits per heavy atom. The molecule has 116 valence electrons. The molecule has 2 aliphatic heterocycles. The highest BCUT2D eigenvalue weighted by molar-refractivity contribution is 5.37. The number of rotatable bonds is 3. The number of aryl methyl sites for hydroxylation is 1. The van der Waals surface area contributed by atoms with Crippen LogP contribution in [0.1, 0.15) is 39.0 Å². The van der Waals surface area contributed by atoms with Gasteiger partial charge in [0.1, 0.15) is 0 Å². The van der Waals surface area contributed by atoms with Gasteiger partial charge in [0.2, 0.25) is 0 Å². The molecule has 1 N–H and O–H groups in total. The molecule has 2 aliphatic rings. The summed E-state index contributed by atoms with van der Waals surface area (Å²) in [6, 6.07) is 0. The lowest BCUT2D eigenvalue weighted by Crippen LogP contribution is -2.52. The van der Waals surface area contributed by atoms with E-state index in [2.05, 4.69) is 22.1 Å². The molecule has 0 amide bonds. The van der Waals surface area contributed by atoms with Crippen LogP contribution < -0.4 is 15.8 Å². The minimum atomic E-state index is 0.0696. The quantitative estimate of drug-likeness (QED) is 0.919. The summed E-state index contributed by atoms with van der Waals surface area (Å²) in [7, 11) is 0. The van der Waals surface area contributed by atoms with Gasteiger partial charge in [0.05, 0.1) is 0 Å². The minimum absolute atomic E-state index is 0.0696. The molecule has 0 radical (unpaired) electrons. The van der Waals surface area contributed by atoms with Crippen LogP contribution >= 0.6 is 0 Å². The lowest BCUT2D eigenvalue weighted by molar-refractivity contribution is 0.172. The SMILES string of the molecule is CCCn1ccnc(N2CCCC3(CCCNC3)C2)c1=O. The van der Waals surface area contributed by atoms with Crippen molar-refractivity contribution < 1.29 is 0 Å². The van der Waals surface area contributed by atoms with Crippen molar-refractivity contribution in [3.63, 3.8) is 0 Å². The third kappa shape index (κ3) is 2.98. The van der Waals surface area contributed by atoms with Crippen LogP contribution in [0, 0.1) is 5.41 Å². The van der Waals surface area contributed by atoms with Crippen LogP contribution in [-0.4, -0.2) is 35.7 Å². The molecule has 0 bridgehead atoms. The fraction of sp³-hybridized carbons (Fsp3) is 0.750. The van der Waals surface area contributed by atoms with Crippen LogP contribution in [0.25, 0.3) is 0 Å². The Balaban J connectivity index is 1.83. The average Bonchev–Trinajstić information content (AvgIpc) is 2.50. The molecule has 1 spiro atoms. The molecular formula is C16H26N4O. The van der Waals surface area contributed by atoms with Gasteiger partial charge in [0, 0.05) is 44.0 Å². The normalized spacial score (nSPS) is 26.2. The Morgan fingerprint density at radius 1 is 1.38 bits per heavy atom. The van der Waals surface area contributed by atoms with E-state index in [1.54, 1.807) is 17.0 Å². The Kier molecular flexibility index (Phi) is 4.29. The maximum atomic E-state index is 12.6. The number of hydrogen-bond acceptors (Lipinski definition) is 4. The molecule has 3 rings (SSSR count). The van der Waals surface area contributed by atoms with E-state index in [4.69, 9.17) is 0 Å². The van der Waals surface area contributed by atoms with Crippen LogP contribution in [0.15, 0.2) is 17.2 Å². The standard InChI is InChI=1S/C16H26N4O/c1-2-9-19-11-8-18-14(15(19)21)20-10-4-6-16(13-20)5-3-7-17-12-16/h8,11,17H,2-7,9-10,12-13H2,1H3. The summed E-state index contributed by atoms with van der Waals surface area (Å²) in [5.74, 6) is 0.649. The summed E-state index contributed by atoms with van der Waals surface area (Å²) >= 11 is 0. The van der Waals surface area contributed by atoms with E-state index in [1.165, 1.54) is 19.3 Å². The highest BCUT2D eigenvalue weighted by Crippen LogP contribution is 2.36. The van der Waals surface area contributed by atoms with Crippen molar-refractivity contribution in [2.24, 2.45) is 5.41 Å². The molecule has 1 aromatic rings. The van der Waals surface area contributed by atoms with Crippen molar-refractivity contribution in [1.82, 2.24) is 14.9 Å². The first-order valence-electron chi connectivity index (χ1n) is 8.25. The number of nitrogens with zero attached hydrogens (tertiary/aromatic N) is 3. The maximum Gasteiger partial charge on any atom is 0.293 e. The monoisotopic (exact) mass is 290 g/mol. The van der Waals surface area contributed by atoms with E-state index in [9.17, 15) is 4.79 Å². The second-order valence-corrected chi connectivity index (χ2v) is 6.55. The van der Waals surface area contributed by atoms with Crippen molar-refractivity contribution in [3.8, 4) is 0 Å². The van der Waals surface area contributed by atoms with Gasteiger partial charge in [-0.15, -0.1) is 0 Å². The van der Waals surface area contributed by atoms with Crippen molar-refractivity contribution >= 4 is 5.82 Å². The first kappa shape index (κ1) is 14.6. The van der Waals surface area contributed by atoms with Gasteiger partial charge < -0.3 is 14.8 Å². The lowest BCUT2D eigenvalue weighted by Gasteiger charge is -2.45. The summed E-state index contributed by atoms with van der Waals surface area (Å²) in [5.41, 5.74) is 0.413. The summed E-state index contributed by atoms with van der Waals surface area (Å²) in [4.78, 5) is 19.2. The fourth-order valence-corrected chi connectivity index (χ4v) is 3.84. The number of aromatic nitrogens is 2. The molecule has 0 saturated carbocycles. The highest BCUT2D eigenvalue weighted by Gasteiger charge is 2.37. The fourth-order valence-electron chi connectivity index (χ4n) is 3.84. The van der Waals surface area contributed by atoms with E-state index in [1.807, 2.05) is 0 Å². The van der Waals surface area contributed by atoms with Crippen molar-refractivity contribution in [3.05, 3.63) is 22.7 Å². The molecule has 1 atom stereocenters. The first-order valence-corrected chi connectivity index (χ1v) is 8.25. The Morgan fingerprint density at radius 2 is 2.24 bits per heavy atom. The summed E-state index contributed by atoms with van der Waals surface area (Å²) in [6.45, 7) is 7.01. The van der Waals surface area contributed by atoms with E-state index in [0.29, 0.717) is 11.2 Å². The molecule has 2 fully saturated rings. The van der Waals surface area contributed by atoms with Gasteiger partial charge in [-0.25, -0.2) is 4.98 Å². The predicted molar refractivity (Wildman–Crippen MR) is 84.8 cm³/mol. The van der Waals surface area contributed by atoms with Gasteiger partial charge in [0.25, 0.3) is 5.56 Å². The second-order valence-electron chi connectivity index (χ2n) is 6.55. The Hall–Kier alpha value is -1.36. The summed E-state index contributed by atoms with van der Waals surface area (Å²) in [6.07, 6.45) is 9.49.